The molecular formula is C10H8INO4S. The lowest BCUT2D eigenvalue weighted by molar-refractivity contribution is 0.474. The summed E-state index contributed by atoms with van der Waals surface area (Å²) in [5, 5.41) is 10.0. The van der Waals surface area contributed by atoms with Crippen molar-refractivity contribution in [3.63, 3.8) is 0 Å². The van der Waals surface area contributed by atoms with E-state index < -0.39 is 10.1 Å². The van der Waals surface area contributed by atoms with Crippen molar-refractivity contribution in [3.05, 3.63) is 27.5 Å². The summed E-state index contributed by atoms with van der Waals surface area (Å²) in [6.07, 6.45) is 0. The summed E-state index contributed by atoms with van der Waals surface area (Å²) < 4.78 is 31.9. The van der Waals surface area contributed by atoms with Gasteiger partial charge < -0.3 is 5.11 Å². The maximum absolute atomic E-state index is 11.2. The first kappa shape index (κ1) is 12.5. The van der Waals surface area contributed by atoms with Crippen LogP contribution in [0.1, 0.15) is 5.69 Å². The Balaban J connectivity index is 3.03. The molecule has 0 atom stereocenters. The van der Waals surface area contributed by atoms with Crippen LogP contribution in [0.4, 0.5) is 0 Å². The van der Waals surface area contributed by atoms with Crippen molar-refractivity contribution in [3.8, 4) is 5.75 Å². The van der Waals surface area contributed by atoms with E-state index in [1.807, 2.05) is 0 Å². The third kappa shape index (κ3) is 2.22. The molecule has 0 fully saturated rings. The molecule has 0 saturated heterocycles. The number of halogens is 1. The number of nitrogens with zero attached hydrogens (tertiary/aromatic N) is 1. The number of phenolic OH excluding ortho intramolecular Hbond substituents is 1. The van der Waals surface area contributed by atoms with Gasteiger partial charge in [0, 0.05) is 11.1 Å². The minimum absolute atomic E-state index is 0.0864. The first-order chi connectivity index (χ1) is 7.80. The second-order valence-corrected chi connectivity index (χ2v) is 6.08. The monoisotopic (exact) mass is 365 g/mol. The number of benzene rings is 1. The van der Waals surface area contributed by atoms with Gasteiger partial charge in [-0.05, 0) is 47.7 Å². The summed E-state index contributed by atoms with van der Waals surface area (Å²) in [4.78, 5) is 3.83. The molecule has 0 bridgehead atoms. The first-order valence-electron chi connectivity index (χ1n) is 4.57. The Morgan fingerprint density at radius 2 is 2.00 bits per heavy atom. The highest BCUT2D eigenvalue weighted by molar-refractivity contribution is 14.1. The van der Waals surface area contributed by atoms with Crippen LogP contribution in [-0.4, -0.2) is 23.1 Å². The number of rotatable bonds is 1. The number of aryl methyl sites for hydroxylation is 1. The zero-order valence-corrected chi connectivity index (χ0v) is 11.7. The number of hydrogen-bond acceptors (Lipinski definition) is 4. The van der Waals surface area contributed by atoms with Gasteiger partial charge in [-0.2, -0.15) is 8.42 Å². The maximum Gasteiger partial charge on any atom is 0.295 e. The van der Waals surface area contributed by atoms with Crippen molar-refractivity contribution in [1.29, 1.82) is 0 Å². The molecule has 0 amide bonds. The summed E-state index contributed by atoms with van der Waals surface area (Å²) in [7, 11) is -4.34. The van der Waals surface area contributed by atoms with Crippen molar-refractivity contribution < 1.29 is 18.1 Å². The molecule has 5 nitrogen and oxygen atoms in total. The molecule has 2 rings (SSSR count). The fourth-order valence-corrected chi connectivity index (χ4v) is 3.01. The molecule has 1 aromatic carbocycles. The van der Waals surface area contributed by atoms with Gasteiger partial charge in [0.05, 0.1) is 3.57 Å². The number of aromatic nitrogens is 1. The molecule has 1 aromatic heterocycles. The lowest BCUT2D eigenvalue weighted by Gasteiger charge is -2.07. The number of pyridine rings is 1. The third-order valence-corrected chi connectivity index (χ3v) is 4.00. The van der Waals surface area contributed by atoms with E-state index in [-0.39, 0.29) is 21.5 Å². The summed E-state index contributed by atoms with van der Waals surface area (Å²) in [5.74, 6) is -0.0864. The van der Waals surface area contributed by atoms with Crippen molar-refractivity contribution >= 4 is 43.6 Å². The first-order valence-corrected chi connectivity index (χ1v) is 7.09. The van der Waals surface area contributed by atoms with E-state index in [9.17, 15) is 13.5 Å². The molecule has 0 radical (unpaired) electrons. The van der Waals surface area contributed by atoms with Gasteiger partial charge >= 0.3 is 0 Å². The van der Waals surface area contributed by atoms with Crippen molar-refractivity contribution in [1.82, 2.24) is 4.98 Å². The highest BCUT2D eigenvalue weighted by Crippen LogP contribution is 2.33. The van der Waals surface area contributed by atoms with Crippen LogP contribution < -0.4 is 0 Å². The lowest BCUT2D eigenvalue weighted by Crippen LogP contribution is -2.01. The van der Waals surface area contributed by atoms with Gasteiger partial charge in [-0.1, -0.05) is 0 Å². The van der Waals surface area contributed by atoms with Gasteiger partial charge in [0.25, 0.3) is 10.1 Å². The van der Waals surface area contributed by atoms with Crippen molar-refractivity contribution in [2.45, 2.75) is 11.8 Å². The van der Waals surface area contributed by atoms with Gasteiger partial charge in [-0.3, -0.25) is 4.55 Å². The molecule has 2 N–H and O–H groups in total. The highest BCUT2D eigenvalue weighted by Gasteiger charge is 2.19. The molecular weight excluding hydrogens is 357 g/mol. The van der Waals surface area contributed by atoms with Gasteiger partial charge in [0.15, 0.2) is 5.75 Å². The fourth-order valence-electron chi connectivity index (χ4n) is 1.52. The maximum atomic E-state index is 11.2. The Bertz CT molecular complexity index is 712. The molecule has 7 heteroatoms. The molecule has 0 unspecified atom stereocenters. The van der Waals surface area contributed by atoms with Gasteiger partial charge in [0.2, 0.25) is 0 Å². The van der Waals surface area contributed by atoms with Crippen LogP contribution in [0.25, 0.3) is 10.9 Å². The summed E-state index contributed by atoms with van der Waals surface area (Å²) in [6.45, 7) is 1.73. The Labute approximate surface area is 111 Å². The average molecular weight is 365 g/mol. The summed E-state index contributed by atoms with van der Waals surface area (Å²) in [6, 6.07) is 4.34. The summed E-state index contributed by atoms with van der Waals surface area (Å²) in [5.41, 5.74) is 0.820. The van der Waals surface area contributed by atoms with E-state index in [0.29, 0.717) is 9.26 Å². The van der Waals surface area contributed by atoms with Crippen LogP contribution in [0.2, 0.25) is 0 Å². The van der Waals surface area contributed by atoms with Crippen molar-refractivity contribution in [2.75, 3.05) is 0 Å². The predicted octanol–water partition coefficient (Wildman–Crippen LogP) is 2.10. The van der Waals surface area contributed by atoms with Crippen LogP contribution in [0.5, 0.6) is 5.75 Å². The Hall–Kier alpha value is -0.930. The predicted molar refractivity (Wildman–Crippen MR) is 70.7 cm³/mol. The van der Waals surface area contributed by atoms with Crippen LogP contribution in [0.15, 0.2) is 23.1 Å². The van der Waals surface area contributed by atoms with Crippen molar-refractivity contribution in [2.24, 2.45) is 0 Å². The Kier molecular flexibility index (Phi) is 3.00. The smallest absolute Gasteiger partial charge is 0.295 e. The van der Waals surface area contributed by atoms with E-state index in [1.54, 1.807) is 35.6 Å². The van der Waals surface area contributed by atoms with E-state index in [1.165, 1.54) is 12.1 Å². The molecule has 0 aliphatic heterocycles. The van der Waals surface area contributed by atoms with Crippen LogP contribution >= 0.6 is 22.6 Å². The number of hydrogen-bond donors (Lipinski definition) is 2. The minimum Gasteiger partial charge on any atom is -0.505 e. The standard InChI is InChI=1S/C10H8INO4S/c1-5-2-3-6-8(17(14,15)16)4-7(11)10(13)9(6)12-5/h2-4,13H,1H3,(H,14,15,16). The molecule has 1 heterocycles. The van der Waals surface area contributed by atoms with Crippen LogP contribution in [-0.2, 0) is 10.1 Å². The topological polar surface area (TPSA) is 87.5 Å². The largest absolute Gasteiger partial charge is 0.505 e. The van der Waals surface area contributed by atoms with Gasteiger partial charge in [-0.25, -0.2) is 4.98 Å². The van der Waals surface area contributed by atoms with E-state index >= 15 is 0 Å². The van der Waals surface area contributed by atoms with Gasteiger partial charge in [-0.15, -0.1) is 0 Å². The molecule has 17 heavy (non-hydrogen) atoms. The van der Waals surface area contributed by atoms with E-state index in [4.69, 9.17) is 4.55 Å². The third-order valence-electron chi connectivity index (χ3n) is 2.29. The van der Waals surface area contributed by atoms with E-state index in [2.05, 4.69) is 4.98 Å². The Morgan fingerprint density at radius 1 is 1.35 bits per heavy atom. The summed E-state index contributed by atoms with van der Waals surface area (Å²) >= 11 is 1.78. The number of fused-ring (bicyclic) bond motifs is 1. The molecule has 0 aliphatic rings. The lowest BCUT2D eigenvalue weighted by atomic mass is 10.2. The zero-order chi connectivity index (χ0) is 12.8. The number of aromatic hydroxyl groups is 1. The van der Waals surface area contributed by atoms with Crippen LogP contribution in [0, 0.1) is 10.5 Å². The van der Waals surface area contributed by atoms with E-state index in [0.717, 1.165) is 0 Å². The molecule has 0 aliphatic carbocycles. The van der Waals surface area contributed by atoms with Gasteiger partial charge in [0.1, 0.15) is 10.4 Å². The Morgan fingerprint density at radius 3 is 2.59 bits per heavy atom. The quantitative estimate of drug-likeness (QED) is 0.597. The second-order valence-electron chi connectivity index (χ2n) is 3.53. The number of phenols is 1. The molecule has 90 valence electrons. The fraction of sp³-hybridized carbons (Fsp3) is 0.100. The van der Waals surface area contributed by atoms with Crippen LogP contribution in [0.3, 0.4) is 0 Å². The normalized spacial score (nSPS) is 11.9. The second kappa shape index (κ2) is 4.07. The molecule has 0 saturated carbocycles. The SMILES string of the molecule is Cc1ccc2c(S(=O)(=O)O)cc(I)c(O)c2n1. The molecule has 0 spiro atoms. The highest BCUT2D eigenvalue weighted by atomic mass is 127. The average Bonchev–Trinajstić information content (AvgIpc) is 2.22. The molecule has 2 aromatic rings. The zero-order valence-electron chi connectivity index (χ0n) is 8.68. The minimum atomic E-state index is -4.34.